The summed E-state index contributed by atoms with van der Waals surface area (Å²) in [5.74, 6) is -0.698. The molecule has 9 N–H and O–H groups in total. The van der Waals surface area contributed by atoms with Crippen LogP contribution >= 0.6 is 0 Å². The molecule has 0 bridgehead atoms. The summed E-state index contributed by atoms with van der Waals surface area (Å²) in [6.45, 7) is 8.87. The topological polar surface area (TPSA) is 188 Å². The number of anilines is 1. The van der Waals surface area contributed by atoms with E-state index in [1.165, 1.54) is 0 Å². The van der Waals surface area contributed by atoms with Crippen LogP contribution in [-0.4, -0.2) is 76.9 Å². The Bertz CT molecular complexity index is 920. The summed E-state index contributed by atoms with van der Waals surface area (Å²) in [4.78, 5) is 40.9. The van der Waals surface area contributed by atoms with Crippen molar-refractivity contribution < 1.29 is 24.9 Å². The predicted molar refractivity (Wildman–Crippen MR) is 147 cm³/mol. The number of carbonyl (C=O) groups excluding carboxylic acids is 3. The van der Waals surface area contributed by atoms with E-state index < -0.39 is 18.0 Å². The van der Waals surface area contributed by atoms with Gasteiger partial charge in [0.15, 0.2) is 0 Å². The highest BCUT2D eigenvalue weighted by molar-refractivity contribution is 5.89. The lowest BCUT2D eigenvalue weighted by atomic mass is 9.86. The molecule has 3 rings (SSSR count). The van der Waals surface area contributed by atoms with Gasteiger partial charge in [-0.2, -0.15) is 0 Å². The minimum Gasteiger partial charge on any atom is -0.368 e. The average Bonchev–Trinajstić information content (AvgIpc) is 3.24. The lowest BCUT2D eigenvalue weighted by Gasteiger charge is -2.38. The van der Waals surface area contributed by atoms with Gasteiger partial charge in [-0.05, 0) is 55.2 Å². The van der Waals surface area contributed by atoms with Gasteiger partial charge >= 0.3 is 0 Å². The number of nitrogens with zero attached hydrogens (tertiary/aromatic N) is 2. The number of nitrogens with one attached hydrogen (secondary N) is 1. The largest absolute Gasteiger partial charge is 0.368 e. The van der Waals surface area contributed by atoms with E-state index in [2.05, 4.69) is 31.0 Å². The number of hydrogen-bond donors (Lipinski definition) is 6. The first-order valence-electron chi connectivity index (χ1n) is 13.4. The Morgan fingerprint density at radius 1 is 1.11 bits per heavy atom. The molecule has 1 aromatic carbocycles. The van der Waals surface area contributed by atoms with Gasteiger partial charge in [0.1, 0.15) is 6.04 Å². The normalized spacial score (nSPS) is 19.7. The fourth-order valence-electron chi connectivity index (χ4n) is 5.30. The fourth-order valence-corrected chi connectivity index (χ4v) is 5.30. The van der Waals surface area contributed by atoms with Crippen molar-refractivity contribution in [3.05, 3.63) is 29.8 Å². The Hall–Kier alpha value is -2.73. The lowest BCUT2D eigenvalue weighted by molar-refractivity contribution is -0.176. The van der Waals surface area contributed by atoms with Crippen molar-refractivity contribution >= 4 is 23.4 Å². The molecule has 0 spiro atoms. The molecule has 2 unspecified atom stereocenters. The summed E-state index contributed by atoms with van der Waals surface area (Å²) in [6.07, 6.45) is 4.83. The number of benzene rings is 1. The molecule has 1 aromatic rings. The molecular formula is C27H46N6O5. The van der Waals surface area contributed by atoms with E-state index in [4.69, 9.17) is 27.7 Å². The van der Waals surface area contributed by atoms with Gasteiger partial charge in [-0.15, -0.1) is 0 Å². The number of hydrogen-bond acceptors (Lipinski definition) is 8. The standard InChI is InChI=1S/C27H44N6O3.H2O2/c1-27(2,3)16-19(28)5-4-6-22(29)26(36)31-23(25(30)35)15-18-7-9-20(10-8-18)32-13-14-33-21(17-32)11-12-24(33)34;1-2/h7-10,19,21-23H,4-6,11-17,28-29H2,1-3H3,(H2,30,35)(H,31,36);1-2H/t19-,21?,22-,23?;/m0./s1. The highest BCUT2D eigenvalue weighted by Gasteiger charge is 2.35. The summed E-state index contributed by atoms with van der Waals surface area (Å²) in [6, 6.07) is 6.79. The van der Waals surface area contributed by atoms with Crippen LogP contribution < -0.4 is 27.4 Å². The molecule has 2 saturated heterocycles. The van der Waals surface area contributed by atoms with Crippen molar-refractivity contribution in [2.24, 2.45) is 22.6 Å². The molecule has 2 heterocycles. The van der Waals surface area contributed by atoms with Gasteiger partial charge in [0.2, 0.25) is 17.7 Å². The van der Waals surface area contributed by atoms with E-state index in [9.17, 15) is 14.4 Å². The van der Waals surface area contributed by atoms with E-state index in [-0.39, 0.29) is 23.3 Å². The van der Waals surface area contributed by atoms with Crippen LogP contribution in [0.4, 0.5) is 5.69 Å². The first-order valence-corrected chi connectivity index (χ1v) is 13.4. The van der Waals surface area contributed by atoms with Crippen LogP contribution in [0.1, 0.15) is 64.9 Å². The van der Waals surface area contributed by atoms with Gasteiger partial charge in [0.25, 0.3) is 0 Å². The Morgan fingerprint density at radius 2 is 1.76 bits per heavy atom. The van der Waals surface area contributed by atoms with Crippen molar-refractivity contribution in [2.75, 3.05) is 24.5 Å². The summed E-state index contributed by atoms with van der Waals surface area (Å²) >= 11 is 0. The fraction of sp³-hybridized carbons (Fsp3) is 0.667. The molecule has 4 atom stereocenters. The van der Waals surface area contributed by atoms with Crippen molar-refractivity contribution in [1.29, 1.82) is 0 Å². The predicted octanol–water partition coefficient (Wildman–Crippen LogP) is 1.29. The molecule has 2 fully saturated rings. The minimum atomic E-state index is -0.828. The van der Waals surface area contributed by atoms with E-state index in [0.717, 1.165) is 56.6 Å². The number of fused-ring (bicyclic) bond motifs is 1. The molecule has 11 nitrogen and oxygen atoms in total. The number of carbonyl (C=O) groups is 3. The van der Waals surface area contributed by atoms with Crippen LogP contribution in [0.5, 0.6) is 0 Å². The zero-order valence-corrected chi connectivity index (χ0v) is 22.9. The van der Waals surface area contributed by atoms with Gasteiger partial charge < -0.3 is 32.3 Å². The van der Waals surface area contributed by atoms with Crippen molar-refractivity contribution in [3.63, 3.8) is 0 Å². The molecule has 0 aliphatic carbocycles. The first kappa shape index (κ1) is 31.5. The van der Waals surface area contributed by atoms with Gasteiger partial charge in [-0.1, -0.05) is 32.9 Å². The molecular weight excluding hydrogens is 488 g/mol. The van der Waals surface area contributed by atoms with Crippen molar-refractivity contribution in [3.8, 4) is 0 Å². The summed E-state index contributed by atoms with van der Waals surface area (Å²) in [5.41, 5.74) is 20.0. The average molecular weight is 535 g/mol. The highest BCUT2D eigenvalue weighted by atomic mass is 17.0. The third-order valence-electron chi connectivity index (χ3n) is 7.20. The van der Waals surface area contributed by atoms with Gasteiger partial charge in [0, 0.05) is 50.2 Å². The first-order chi connectivity index (χ1) is 17.9. The molecule has 214 valence electrons. The number of nitrogens with two attached hydrogens (primary N) is 3. The van der Waals surface area contributed by atoms with Crippen LogP contribution in [0.2, 0.25) is 0 Å². The van der Waals surface area contributed by atoms with Gasteiger partial charge in [0.05, 0.1) is 6.04 Å². The van der Waals surface area contributed by atoms with Crippen LogP contribution in [0.3, 0.4) is 0 Å². The quantitative estimate of drug-likeness (QED) is 0.181. The van der Waals surface area contributed by atoms with E-state index in [1.54, 1.807) is 0 Å². The maximum atomic E-state index is 12.6. The van der Waals surface area contributed by atoms with Gasteiger partial charge in [-0.3, -0.25) is 24.9 Å². The summed E-state index contributed by atoms with van der Waals surface area (Å²) < 4.78 is 0. The number of rotatable bonds is 11. The summed E-state index contributed by atoms with van der Waals surface area (Å²) in [5, 5.41) is 14.7. The SMILES string of the molecule is CC(C)(C)C[C@@H](N)CCC[C@H](N)C(=O)NC(Cc1ccc(N2CCN3C(=O)CCC3C2)cc1)C(N)=O.OO. The molecule has 2 aliphatic heterocycles. The van der Waals surface area contributed by atoms with E-state index >= 15 is 0 Å². The Morgan fingerprint density at radius 3 is 2.37 bits per heavy atom. The molecule has 0 saturated carbocycles. The molecule has 2 aliphatic rings. The second-order valence-electron chi connectivity index (χ2n) is 11.6. The lowest BCUT2D eigenvalue weighted by Crippen LogP contribution is -2.51. The zero-order valence-electron chi connectivity index (χ0n) is 22.9. The van der Waals surface area contributed by atoms with Crippen molar-refractivity contribution in [1.82, 2.24) is 10.2 Å². The molecule has 3 amide bonds. The maximum absolute atomic E-state index is 12.6. The number of amides is 3. The molecule has 0 radical (unpaired) electrons. The second kappa shape index (κ2) is 14.4. The maximum Gasteiger partial charge on any atom is 0.240 e. The van der Waals surface area contributed by atoms with Crippen molar-refractivity contribution in [2.45, 2.75) is 89.9 Å². The monoisotopic (exact) mass is 534 g/mol. The van der Waals surface area contributed by atoms with E-state index in [0.29, 0.717) is 25.3 Å². The third kappa shape index (κ3) is 9.54. The highest BCUT2D eigenvalue weighted by Crippen LogP contribution is 2.27. The Kier molecular flexibility index (Phi) is 12.0. The molecule has 0 aromatic heterocycles. The molecule has 38 heavy (non-hydrogen) atoms. The van der Waals surface area contributed by atoms with Crippen LogP contribution in [0.25, 0.3) is 0 Å². The molecule has 11 heteroatoms. The summed E-state index contributed by atoms with van der Waals surface area (Å²) in [7, 11) is 0. The third-order valence-corrected chi connectivity index (χ3v) is 7.20. The van der Waals surface area contributed by atoms with Gasteiger partial charge in [-0.25, -0.2) is 0 Å². The van der Waals surface area contributed by atoms with E-state index in [1.807, 2.05) is 29.2 Å². The van der Waals surface area contributed by atoms with Crippen LogP contribution in [0.15, 0.2) is 24.3 Å². The van der Waals surface area contributed by atoms with Crippen LogP contribution in [0, 0.1) is 5.41 Å². The minimum absolute atomic E-state index is 0.0751. The zero-order chi connectivity index (χ0) is 28.5. The Labute approximate surface area is 225 Å². The second-order valence-corrected chi connectivity index (χ2v) is 11.6. The van der Waals surface area contributed by atoms with Crippen LogP contribution in [-0.2, 0) is 20.8 Å². The smallest absolute Gasteiger partial charge is 0.240 e. The Balaban J connectivity index is 0.00000247. The number of piperazine rings is 1. The number of primary amides is 1.